The summed E-state index contributed by atoms with van der Waals surface area (Å²) in [6.07, 6.45) is 0. The van der Waals surface area contributed by atoms with Crippen molar-refractivity contribution in [3.8, 4) is 5.75 Å². The Balaban J connectivity index is 1.50. The molecule has 2 aromatic carbocycles. The minimum absolute atomic E-state index is 0.409. The van der Waals surface area contributed by atoms with Crippen LogP contribution in [0.3, 0.4) is 0 Å². The van der Waals surface area contributed by atoms with Crippen LogP contribution in [0, 0.1) is 0 Å². The molecular weight excluding hydrogens is 439 g/mol. The van der Waals surface area contributed by atoms with Crippen molar-refractivity contribution >= 4 is 63.2 Å². The second kappa shape index (κ2) is 9.97. The first-order valence-electron chi connectivity index (χ1n) is 8.10. The van der Waals surface area contributed by atoms with Crippen LogP contribution in [-0.4, -0.2) is 23.3 Å². The minimum atomic E-state index is -0.409. The molecular formula is C18H16Cl2N4O2S2. The lowest BCUT2D eigenvalue weighted by molar-refractivity contribution is 0.262. The minimum Gasteiger partial charge on any atom is -0.495 e. The lowest BCUT2D eigenvalue weighted by Gasteiger charge is -2.09. The highest BCUT2D eigenvalue weighted by molar-refractivity contribution is 7.97. The van der Waals surface area contributed by atoms with Crippen LogP contribution in [0.25, 0.3) is 0 Å². The molecule has 1 heterocycles. The summed E-state index contributed by atoms with van der Waals surface area (Å²) in [5.41, 5.74) is 1.58. The van der Waals surface area contributed by atoms with E-state index in [-0.39, 0.29) is 0 Å². The molecule has 0 unspecified atom stereocenters. The second-order valence-corrected chi connectivity index (χ2v) is 8.40. The number of ether oxygens (including phenoxy) is 1. The Kier molecular flexibility index (Phi) is 7.38. The lowest BCUT2D eigenvalue weighted by Crippen LogP contribution is -2.19. The number of carbonyl (C=O) groups is 1. The highest BCUT2D eigenvalue weighted by atomic mass is 35.5. The van der Waals surface area contributed by atoms with Crippen LogP contribution >= 0.6 is 46.3 Å². The zero-order valence-electron chi connectivity index (χ0n) is 14.7. The van der Waals surface area contributed by atoms with Gasteiger partial charge in [-0.15, -0.1) is 22.0 Å². The van der Waals surface area contributed by atoms with E-state index >= 15 is 0 Å². The highest BCUT2D eigenvalue weighted by Gasteiger charge is 2.11. The molecule has 2 N–H and O–H groups in total. The maximum atomic E-state index is 12.2. The monoisotopic (exact) mass is 454 g/mol. The topological polar surface area (TPSA) is 76.1 Å². The molecule has 3 rings (SSSR count). The zero-order valence-corrected chi connectivity index (χ0v) is 17.9. The Morgan fingerprint density at radius 1 is 1.14 bits per heavy atom. The lowest BCUT2D eigenvalue weighted by atomic mass is 10.2. The molecule has 28 heavy (non-hydrogen) atoms. The van der Waals surface area contributed by atoms with Crippen molar-refractivity contribution in [3.63, 3.8) is 0 Å². The summed E-state index contributed by atoms with van der Waals surface area (Å²) in [5.74, 6) is 1.96. The molecule has 0 aliphatic heterocycles. The first-order chi connectivity index (χ1) is 13.5. The number of urea groups is 1. The van der Waals surface area contributed by atoms with E-state index in [1.54, 1.807) is 37.1 Å². The van der Waals surface area contributed by atoms with E-state index in [0.29, 0.717) is 32.4 Å². The third-order valence-corrected chi connectivity index (χ3v) is 6.14. The number of carbonyl (C=O) groups excluding carboxylic acids is 1. The third-order valence-electron chi connectivity index (χ3n) is 3.54. The van der Waals surface area contributed by atoms with Crippen LogP contribution < -0.4 is 15.4 Å². The van der Waals surface area contributed by atoms with Gasteiger partial charge in [-0.25, -0.2) is 4.79 Å². The molecule has 0 fully saturated rings. The summed E-state index contributed by atoms with van der Waals surface area (Å²) in [4.78, 5) is 12.2. The average molecular weight is 455 g/mol. The smallest absolute Gasteiger partial charge is 0.325 e. The van der Waals surface area contributed by atoms with Crippen molar-refractivity contribution in [1.82, 2.24) is 10.2 Å². The fraction of sp³-hybridized carbons (Fsp3) is 0.167. The summed E-state index contributed by atoms with van der Waals surface area (Å²) in [5, 5.41) is 16.0. The van der Waals surface area contributed by atoms with E-state index in [4.69, 9.17) is 27.9 Å². The Labute approximate surface area is 180 Å². The molecule has 0 saturated carbocycles. The van der Waals surface area contributed by atoms with Gasteiger partial charge in [0.2, 0.25) is 5.13 Å². The number of methoxy groups -OCH3 is 1. The van der Waals surface area contributed by atoms with Gasteiger partial charge in [-0.05, 0) is 29.8 Å². The number of amides is 2. The van der Waals surface area contributed by atoms with E-state index in [1.807, 2.05) is 24.3 Å². The van der Waals surface area contributed by atoms with Crippen molar-refractivity contribution in [2.75, 3.05) is 17.7 Å². The van der Waals surface area contributed by atoms with Gasteiger partial charge in [0, 0.05) is 21.6 Å². The maximum absolute atomic E-state index is 12.2. The van der Waals surface area contributed by atoms with Gasteiger partial charge < -0.3 is 10.1 Å². The fourth-order valence-electron chi connectivity index (χ4n) is 2.25. The van der Waals surface area contributed by atoms with Crippen molar-refractivity contribution in [3.05, 3.63) is 63.1 Å². The maximum Gasteiger partial charge on any atom is 0.325 e. The second-order valence-electron chi connectivity index (χ2n) is 5.51. The number of nitrogens with zero attached hydrogens (tertiary/aromatic N) is 2. The molecule has 0 atom stereocenters. The predicted molar refractivity (Wildman–Crippen MR) is 117 cm³/mol. The molecule has 0 spiro atoms. The van der Waals surface area contributed by atoms with Crippen molar-refractivity contribution in [2.45, 2.75) is 11.5 Å². The van der Waals surface area contributed by atoms with E-state index in [2.05, 4.69) is 20.8 Å². The number of anilines is 2. The molecule has 1 aromatic heterocycles. The average Bonchev–Trinajstić information content (AvgIpc) is 3.11. The summed E-state index contributed by atoms with van der Waals surface area (Å²) in [6, 6.07) is 12.2. The number of halogens is 2. The number of aromatic nitrogens is 2. The predicted octanol–water partition coefficient (Wildman–Crippen LogP) is 5.93. The normalized spacial score (nSPS) is 10.5. The van der Waals surface area contributed by atoms with Crippen molar-refractivity contribution in [1.29, 1.82) is 0 Å². The summed E-state index contributed by atoms with van der Waals surface area (Å²) in [6.45, 7) is 0. The largest absolute Gasteiger partial charge is 0.495 e. The van der Waals surface area contributed by atoms with Crippen molar-refractivity contribution < 1.29 is 9.53 Å². The molecule has 0 radical (unpaired) electrons. The molecule has 10 heteroatoms. The number of para-hydroxylation sites is 2. The molecule has 2 amide bonds. The Bertz CT molecular complexity index is 968. The number of hydrogen-bond donors (Lipinski definition) is 2. The molecule has 146 valence electrons. The van der Waals surface area contributed by atoms with E-state index in [1.165, 1.54) is 11.3 Å². The van der Waals surface area contributed by atoms with Gasteiger partial charge >= 0.3 is 6.03 Å². The molecule has 0 bridgehead atoms. The summed E-state index contributed by atoms with van der Waals surface area (Å²) < 4.78 is 5.21. The van der Waals surface area contributed by atoms with Gasteiger partial charge in [0.25, 0.3) is 0 Å². The van der Waals surface area contributed by atoms with Gasteiger partial charge in [-0.3, -0.25) is 5.32 Å². The molecule has 6 nitrogen and oxygen atoms in total. The summed E-state index contributed by atoms with van der Waals surface area (Å²) >= 11 is 15.1. The number of nitrogens with one attached hydrogen (secondary N) is 2. The van der Waals surface area contributed by atoms with Crippen LogP contribution in [0.15, 0.2) is 42.5 Å². The number of rotatable bonds is 7. The third kappa shape index (κ3) is 5.75. The number of hydrogen-bond acceptors (Lipinski definition) is 6. The molecule has 0 aliphatic carbocycles. The molecule has 0 saturated heterocycles. The summed E-state index contributed by atoms with van der Waals surface area (Å²) in [7, 11) is 1.55. The van der Waals surface area contributed by atoms with Gasteiger partial charge in [0.05, 0.1) is 12.8 Å². The first-order valence-corrected chi connectivity index (χ1v) is 10.8. The first kappa shape index (κ1) is 20.7. The van der Waals surface area contributed by atoms with E-state index in [0.717, 1.165) is 16.3 Å². The van der Waals surface area contributed by atoms with Crippen LogP contribution in [0.5, 0.6) is 5.75 Å². The highest BCUT2D eigenvalue weighted by Crippen LogP contribution is 2.28. The van der Waals surface area contributed by atoms with Gasteiger partial charge in [-0.2, -0.15) is 0 Å². The van der Waals surface area contributed by atoms with E-state index in [9.17, 15) is 4.79 Å². The standard InChI is InChI=1S/C18H16Cl2N4O2S2/c1-26-15-5-3-2-4-14(15)21-17(25)22-18-24-23-16(28-18)10-27-9-11-6-7-12(19)8-13(11)20/h2-8H,9-10H2,1H3,(H2,21,22,24,25). The van der Waals surface area contributed by atoms with Gasteiger partial charge in [-0.1, -0.05) is 52.7 Å². The van der Waals surface area contributed by atoms with E-state index < -0.39 is 6.03 Å². The fourth-order valence-corrected chi connectivity index (χ4v) is 4.62. The van der Waals surface area contributed by atoms with Crippen LogP contribution in [0.2, 0.25) is 10.0 Å². The number of benzene rings is 2. The Hall–Kier alpha value is -2.00. The van der Waals surface area contributed by atoms with Gasteiger partial charge in [0.1, 0.15) is 10.8 Å². The van der Waals surface area contributed by atoms with Crippen molar-refractivity contribution in [2.24, 2.45) is 0 Å². The zero-order chi connectivity index (χ0) is 19.9. The SMILES string of the molecule is COc1ccccc1NC(=O)Nc1nnc(CSCc2ccc(Cl)cc2Cl)s1. The van der Waals surface area contributed by atoms with Gasteiger partial charge in [0.15, 0.2) is 0 Å². The number of thioether (sulfide) groups is 1. The molecule has 0 aliphatic rings. The Morgan fingerprint density at radius 3 is 2.75 bits per heavy atom. The Morgan fingerprint density at radius 2 is 1.96 bits per heavy atom. The quantitative estimate of drug-likeness (QED) is 0.462. The molecule has 3 aromatic rings. The van der Waals surface area contributed by atoms with Crippen LogP contribution in [0.4, 0.5) is 15.6 Å². The van der Waals surface area contributed by atoms with Crippen LogP contribution in [0.1, 0.15) is 10.6 Å². The van der Waals surface area contributed by atoms with Crippen LogP contribution in [-0.2, 0) is 11.5 Å².